The van der Waals surface area contributed by atoms with E-state index in [4.69, 9.17) is 5.73 Å². The highest BCUT2D eigenvalue weighted by Crippen LogP contribution is 2.28. The minimum absolute atomic E-state index is 0.795. The van der Waals surface area contributed by atoms with Crippen LogP contribution in [-0.2, 0) is 0 Å². The van der Waals surface area contributed by atoms with E-state index in [0.29, 0.717) is 0 Å². The Hall–Kier alpha value is -1.14. The number of nitrogen functional groups attached to an aromatic ring is 1. The highest BCUT2D eigenvalue weighted by atomic mass is 127. The molecule has 2 N–H and O–H groups in total. The molecule has 1 heterocycles. The molecule has 0 aliphatic heterocycles. The molecule has 4 heteroatoms. The fourth-order valence-electron chi connectivity index (χ4n) is 1.78. The Morgan fingerprint density at radius 3 is 2.65 bits per heavy atom. The quantitative estimate of drug-likeness (QED) is 0.528. The Morgan fingerprint density at radius 2 is 1.88 bits per heavy atom. The van der Waals surface area contributed by atoms with E-state index in [0.717, 1.165) is 25.3 Å². The first kappa shape index (κ1) is 11.0. The molecule has 84 valence electrons. The normalized spacial score (nSPS) is 10.9. The van der Waals surface area contributed by atoms with Gasteiger partial charge in [-0.1, -0.05) is 18.2 Å². The van der Waals surface area contributed by atoms with Gasteiger partial charge in [-0.05, 0) is 51.6 Å². The smallest absolute Gasteiger partial charge is 0.124 e. The molecule has 0 aliphatic carbocycles. The van der Waals surface area contributed by atoms with Crippen LogP contribution in [0.2, 0.25) is 0 Å². The van der Waals surface area contributed by atoms with E-state index >= 15 is 0 Å². The van der Waals surface area contributed by atoms with Gasteiger partial charge >= 0.3 is 0 Å². The van der Waals surface area contributed by atoms with Crippen LogP contribution < -0.4 is 5.73 Å². The molecule has 0 aliphatic rings. The predicted molar refractivity (Wildman–Crippen MR) is 82.2 cm³/mol. The van der Waals surface area contributed by atoms with E-state index in [-0.39, 0.29) is 0 Å². The van der Waals surface area contributed by atoms with Gasteiger partial charge in [0.25, 0.3) is 0 Å². The van der Waals surface area contributed by atoms with Crippen molar-refractivity contribution in [1.29, 1.82) is 0 Å². The number of thiazole rings is 1. The van der Waals surface area contributed by atoms with Gasteiger partial charge in [0.15, 0.2) is 0 Å². The van der Waals surface area contributed by atoms with Gasteiger partial charge in [0.1, 0.15) is 8.71 Å². The Balaban J connectivity index is 2.18. The van der Waals surface area contributed by atoms with Crippen LogP contribution >= 0.6 is 33.9 Å². The van der Waals surface area contributed by atoms with Crippen LogP contribution in [0.25, 0.3) is 21.3 Å². The summed E-state index contributed by atoms with van der Waals surface area (Å²) in [7, 11) is 0. The third-order valence-electron chi connectivity index (χ3n) is 2.59. The van der Waals surface area contributed by atoms with Crippen molar-refractivity contribution < 1.29 is 0 Å². The van der Waals surface area contributed by atoms with Gasteiger partial charge in [-0.2, -0.15) is 0 Å². The van der Waals surface area contributed by atoms with E-state index in [9.17, 15) is 0 Å². The molecule has 1 aromatic heterocycles. The number of fused-ring (bicyclic) bond motifs is 1. The molecule has 0 bridgehead atoms. The number of hydrogen-bond acceptors (Lipinski definition) is 3. The van der Waals surface area contributed by atoms with Gasteiger partial charge in [0.05, 0.1) is 0 Å². The molecule has 0 saturated heterocycles. The Bertz CT molecular complexity index is 691. The topological polar surface area (TPSA) is 38.9 Å². The van der Waals surface area contributed by atoms with E-state index < -0.39 is 0 Å². The zero-order chi connectivity index (χ0) is 11.8. The molecule has 0 spiro atoms. The van der Waals surface area contributed by atoms with E-state index in [1.807, 2.05) is 18.2 Å². The van der Waals surface area contributed by atoms with Gasteiger partial charge in [0, 0.05) is 16.6 Å². The van der Waals surface area contributed by atoms with Gasteiger partial charge < -0.3 is 5.73 Å². The highest BCUT2D eigenvalue weighted by Gasteiger charge is 2.04. The number of nitrogens with zero attached hydrogens (tertiary/aromatic N) is 1. The molecule has 3 aromatic rings. The standard InChI is InChI=1S/C13H9IN2S/c14-12-7-17-13(16-12)9-2-1-8-3-4-11(15)6-10(8)5-9/h1-7H,15H2. The van der Waals surface area contributed by atoms with Crippen LogP contribution in [0, 0.1) is 3.70 Å². The molecule has 3 rings (SSSR count). The molecule has 2 aromatic carbocycles. The van der Waals surface area contributed by atoms with Gasteiger partial charge in [0.2, 0.25) is 0 Å². The molecule has 2 nitrogen and oxygen atoms in total. The van der Waals surface area contributed by atoms with E-state index in [2.05, 4.69) is 51.2 Å². The highest BCUT2D eigenvalue weighted by molar-refractivity contribution is 14.1. The first-order valence-corrected chi connectivity index (χ1v) is 7.09. The number of hydrogen-bond donors (Lipinski definition) is 1. The molecule has 17 heavy (non-hydrogen) atoms. The van der Waals surface area contributed by atoms with Crippen molar-refractivity contribution >= 4 is 50.4 Å². The lowest BCUT2D eigenvalue weighted by molar-refractivity contribution is 1.36. The number of anilines is 1. The number of rotatable bonds is 1. The summed E-state index contributed by atoms with van der Waals surface area (Å²) in [5.41, 5.74) is 7.75. The summed E-state index contributed by atoms with van der Waals surface area (Å²) < 4.78 is 1.04. The second-order valence-corrected chi connectivity index (χ2v) is 5.76. The largest absolute Gasteiger partial charge is 0.399 e. The second-order valence-electron chi connectivity index (χ2n) is 3.80. The number of halogens is 1. The fourth-order valence-corrected chi connectivity index (χ4v) is 3.25. The van der Waals surface area contributed by atoms with Crippen molar-refractivity contribution in [3.05, 3.63) is 45.5 Å². The summed E-state index contributed by atoms with van der Waals surface area (Å²) in [6.45, 7) is 0. The molecule has 0 saturated carbocycles. The second kappa shape index (κ2) is 4.27. The number of nitrogens with two attached hydrogens (primary N) is 1. The minimum atomic E-state index is 0.795. The van der Waals surface area contributed by atoms with E-state index in [1.54, 1.807) is 11.3 Å². The van der Waals surface area contributed by atoms with Crippen molar-refractivity contribution in [2.24, 2.45) is 0 Å². The summed E-state index contributed by atoms with van der Waals surface area (Å²) in [6.07, 6.45) is 0. The van der Waals surface area contributed by atoms with Crippen LogP contribution in [0.5, 0.6) is 0 Å². The molecular weight excluding hydrogens is 343 g/mol. The molecule has 0 unspecified atom stereocenters. The molecule has 0 amide bonds. The average molecular weight is 352 g/mol. The number of aromatic nitrogens is 1. The van der Waals surface area contributed by atoms with Crippen LogP contribution in [0.3, 0.4) is 0 Å². The zero-order valence-electron chi connectivity index (χ0n) is 8.85. The molecule has 0 fully saturated rings. The predicted octanol–water partition coefficient (Wildman–Crippen LogP) is 4.15. The van der Waals surface area contributed by atoms with Gasteiger partial charge in [-0.3, -0.25) is 0 Å². The summed E-state index contributed by atoms with van der Waals surface area (Å²) in [5.74, 6) is 0. The van der Waals surface area contributed by atoms with Crippen LogP contribution in [0.1, 0.15) is 0 Å². The molecule has 0 radical (unpaired) electrons. The lowest BCUT2D eigenvalue weighted by Crippen LogP contribution is -1.84. The third-order valence-corrected chi connectivity index (χ3v) is 4.45. The Kier molecular flexibility index (Phi) is 2.76. The average Bonchev–Trinajstić information content (AvgIpc) is 2.75. The summed E-state index contributed by atoms with van der Waals surface area (Å²) in [6, 6.07) is 12.3. The molecule has 0 atom stereocenters. The maximum Gasteiger partial charge on any atom is 0.124 e. The van der Waals surface area contributed by atoms with Crippen molar-refractivity contribution in [2.45, 2.75) is 0 Å². The van der Waals surface area contributed by atoms with Crippen molar-refractivity contribution in [3.8, 4) is 10.6 Å². The van der Waals surface area contributed by atoms with E-state index in [1.165, 1.54) is 5.39 Å². The van der Waals surface area contributed by atoms with Crippen molar-refractivity contribution in [1.82, 2.24) is 4.98 Å². The molecular formula is C13H9IN2S. The lowest BCUT2D eigenvalue weighted by Gasteiger charge is -2.02. The Labute approximate surface area is 117 Å². The monoisotopic (exact) mass is 352 g/mol. The maximum absolute atomic E-state index is 5.80. The minimum Gasteiger partial charge on any atom is -0.399 e. The lowest BCUT2D eigenvalue weighted by atomic mass is 10.1. The van der Waals surface area contributed by atoms with Gasteiger partial charge in [-0.15, -0.1) is 11.3 Å². The van der Waals surface area contributed by atoms with Crippen molar-refractivity contribution in [2.75, 3.05) is 5.73 Å². The SMILES string of the molecule is Nc1ccc2ccc(-c3nc(I)cs3)cc2c1. The first-order valence-electron chi connectivity index (χ1n) is 5.13. The van der Waals surface area contributed by atoms with Crippen LogP contribution in [0.4, 0.5) is 5.69 Å². The maximum atomic E-state index is 5.80. The third kappa shape index (κ3) is 2.14. The van der Waals surface area contributed by atoms with Crippen LogP contribution in [-0.4, -0.2) is 4.98 Å². The first-order chi connectivity index (χ1) is 8.22. The van der Waals surface area contributed by atoms with Crippen molar-refractivity contribution in [3.63, 3.8) is 0 Å². The summed E-state index contributed by atoms with van der Waals surface area (Å²) in [4.78, 5) is 4.48. The van der Waals surface area contributed by atoms with Crippen LogP contribution in [0.15, 0.2) is 41.8 Å². The summed E-state index contributed by atoms with van der Waals surface area (Å²) in [5, 5.41) is 5.47. The number of benzene rings is 2. The summed E-state index contributed by atoms with van der Waals surface area (Å²) >= 11 is 3.90. The fraction of sp³-hybridized carbons (Fsp3) is 0. The van der Waals surface area contributed by atoms with Gasteiger partial charge in [-0.25, -0.2) is 4.98 Å². The zero-order valence-corrected chi connectivity index (χ0v) is 11.8. The Morgan fingerprint density at radius 1 is 1.06 bits per heavy atom.